The van der Waals surface area contributed by atoms with Crippen LogP contribution in [0, 0.1) is 0 Å². The van der Waals surface area contributed by atoms with Crippen molar-refractivity contribution in [2.24, 2.45) is 12.8 Å². The van der Waals surface area contributed by atoms with Gasteiger partial charge in [0.2, 0.25) is 0 Å². The molecule has 0 spiro atoms. The first-order valence-electron chi connectivity index (χ1n) is 7.29. The fourth-order valence-electron chi connectivity index (χ4n) is 2.33. The van der Waals surface area contributed by atoms with E-state index in [0.717, 1.165) is 12.4 Å². The zero-order valence-electron chi connectivity index (χ0n) is 13.6. The maximum atomic E-state index is 6.03. The van der Waals surface area contributed by atoms with E-state index in [-0.39, 0.29) is 11.5 Å². The Balaban J connectivity index is 2.15. The van der Waals surface area contributed by atoms with Crippen molar-refractivity contribution in [3.05, 3.63) is 40.1 Å². The van der Waals surface area contributed by atoms with Crippen LogP contribution in [0.25, 0.3) is 0 Å². The first-order valence-corrected chi connectivity index (χ1v) is 8.11. The van der Waals surface area contributed by atoms with Crippen LogP contribution in [0.5, 0.6) is 0 Å². The molecule has 0 fully saturated rings. The molecule has 5 heteroatoms. The number of hydrogen-bond donors (Lipinski definition) is 1. The van der Waals surface area contributed by atoms with Crippen LogP contribution in [0.4, 0.5) is 0 Å². The zero-order valence-corrected chi connectivity index (χ0v) is 14.4. The highest BCUT2D eigenvalue weighted by Gasteiger charge is 2.22. The molecule has 0 radical (unpaired) electrons. The first kappa shape index (κ1) is 16.2. The summed E-state index contributed by atoms with van der Waals surface area (Å²) in [5, 5.41) is 0. The van der Waals surface area contributed by atoms with Gasteiger partial charge in [0.05, 0.1) is 12.6 Å². The fourth-order valence-corrected chi connectivity index (χ4v) is 3.57. The topological polar surface area (TPSA) is 47.1 Å². The normalized spacial score (nSPS) is 13.9. The van der Waals surface area contributed by atoms with E-state index < -0.39 is 0 Å². The molecule has 4 nitrogen and oxygen atoms in total. The van der Waals surface area contributed by atoms with Crippen molar-refractivity contribution in [3.8, 4) is 0 Å². The molecule has 21 heavy (non-hydrogen) atoms. The van der Waals surface area contributed by atoms with E-state index in [1.807, 2.05) is 30.8 Å². The van der Waals surface area contributed by atoms with Crippen LogP contribution in [0.1, 0.15) is 42.4 Å². The van der Waals surface area contributed by atoms with E-state index in [4.69, 9.17) is 5.73 Å². The van der Waals surface area contributed by atoms with Gasteiger partial charge in [-0.15, -0.1) is 11.3 Å². The second-order valence-electron chi connectivity index (χ2n) is 6.57. The molecule has 2 aromatic rings. The monoisotopic (exact) mass is 306 g/mol. The van der Waals surface area contributed by atoms with Crippen LogP contribution in [0.3, 0.4) is 0 Å². The second kappa shape index (κ2) is 6.30. The molecule has 0 aliphatic carbocycles. The third-order valence-corrected chi connectivity index (χ3v) is 5.37. The molecule has 2 rings (SSSR count). The molecule has 0 bridgehead atoms. The quantitative estimate of drug-likeness (QED) is 0.924. The maximum Gasteiger partial charge on any atom is 0.122 e. The number of nitrogens with two attached hydrogens (primary N) is 1. The minimum Gasteiger partial charge on any atom is -0.337 e. The smallest absolute Gasteiger partial charge is 0.122 e. The largest absolute Gasteiger partial charge is 0.337 e. The van der Waals surface area contributed by atoms with Gasteiger partial charge >= 0.3 is 0 Å². The predicted molar refractivity (Wildman–Crippen MR) is 89.5 cm³/mol. The van der Waals surface area contributed by atoms with Gasteiger partial charge in [-0.2, -0.15) is 0 Å². The second-order valence-corrected chi connectivity index (χ2v) is 7.69. The molecule has 0 aliphatic heterocycles. The lowest BCUT2D eigenvalue weighted by atomic mass is 9.95. The summed E-state index contributed by atoms with van der Waals surface area (Å²) < 4.78 is 2.05. The van der Waals surface area contributed by atoms with Crippen LogP contribution >= 0.6 is 11.3 Å². The molecule has 0 saturated heterocycles. The van der Waals surface area contributed by atoms with E-state index in [1.165, 1.54) is 9.75 Å². The average Bonchev–Trinajstić information content (AvgIpc) is 3.00. The van der Waals surface area contributed by atoms with Crippen molar-refractivity contribution in [2.75, 3.05) is 13.6 Å². The average molecular weight is 306 g/mol. The number of nitrogens with zero attached hydrogens (tertiary/aromatic N) is 3. The lowest BCUT2D eigenvalue weighted by Crippen LogP contribution is -2.30. The Labute approximate surface area is 131 Å². The van der Waals surface area contributed by atoms with Crippen molar-refractivity contribution < 1.29 is 0 Å². The third kappa shape index (κ3) is 3.73. The highest BCUT2D eigenvalue weighted by Crippen LogP contribution is 2.34. The molecular formula is C16H26N4S. The number of thiophene rings is 1. The van der Waals surface area contributed by atoms with Crippen molar-refractivity contribution in [1.82, 2.24) is 14.5 Å². The Morgan fingerprint density at radius 2 is 2.10 bits per heavy atom. The zero-order chi connectivity index (χ0) is 15.6. The highest BCUT2D eigenvalue weighted by atomic mass is 32.1. The molecule has 1 atom stereocenters. The van der Waals surface area contributed by atoms with Gasteiger partial charge in [0.25, 0.3) is 0 Å². The van der Waals surface area contributed by atoms with E-state index in [9.17, 15) is 0 Å². The number of aryl methyl sites for hydroxylation is 1. The lowest BCUT2D eigenvalue weighted by molar-refractivity contribution is 0.237. The molecule has 116 valence electrons. The van der Waals surface area contributed by atoms with Crippen molar-refractivity contribution in [3.63, 3.8) is 0 Å². The van der Waals surface area contributed by atoms with Crippen LogP contribution < -0.4 is 5.73 Å². The summed E-state index contributed by atoms with van der Waals surface area (Å²) >= 11 is 1.87. The standard InChI is InChI=1S/C16H26N4S/c1-16(2,3)14-7-6-13(21-14)12(10-17)20(5)11-15-18-8-9-19(15)4/h6-9,12H,10-11,17H2,1-5H3. The summed E-state index contributed by atoms with van der Waals surface area (Å²) in [4.78, 5) is 9.41. The number of aromatic nitrogens is 2. The molecule has 0 saturated carbocycles. The third-order valence-electron chi connectivity index (χ3n) is 3.76. The minimum atomic E-state index is 0.195. The van der Waals surface area contributed by atoms with Crippen molar-refractivity contribution >= 4 is 11.3 Å². The highest BCUT2D eigenvalue weighted by molar-refractivity contribution is 7.12. The van der Waals surface area contributed by atoms with Gasteiger partial charge < -0.3 is 10.3 Å². The van der Waals surface area contributed by atoms with E-state index in [1.54, 1.807) is 0 Å². The van der Waals surface area contributed by atoms with Crippen LogP contribution in [0.2, 0.25) is 0 Å². The number of likely N-dealkylation sites (N-methyl/N-ethyl adjacent to an activating group) is 1. The Morgan fingerprint density at radius 1 is 1.38 bits per heavy atom. The molecule has 0 aromatic carbocycles. The summed E-state index contributed by atoms with van der Waals surface area (Å²) in [6.45, 7) is 8.16. The minimum absolute atomic E-state index is 0.195. The van der Waals surface area contributed by atoms with E-state index in [0.29, 0.717) is 6.54 Å². The van der Waals surface area contributed by atoms with Gasteiger partial charge in [0.15, 0.2) is 0 Å². The van der Waals surface area contributed by atoms with Crippen molar-refractivity contribution in [2.45, 2.75) is 38.8 Å². The number of hydrogen-bond acceptors (Lipinski definition) is 4. The van der Waals surface area contributed by atoms with Crippen molar-refractivity contribution in [1.29, 1.82) is 0 Å². The Morgan fingerprint density at radius 3 is 2.57 bits per heavy atom. The summed E-state index contributed by atoms with van der Waals surface area (Å²) in [7, 11) is 4.14. The molecule has 2 heterocycles. The molecule has 0 aliphatic rings. The fraction of sp³-hybridized carbons (Fsp3) is 0.562. The summed E-state index contributed by atoms with van der Waals surface area (Å²) in [6.07, 6.45) is 3.81. The molecule has 2 N–H and O–H groups in total. The first-order chi connectivity index (χ1) is 9.82. The summed E-state index contributed by atoms with van der Waals surface area (Å²) in [6, 6.07) is 4.69. The summed E-state index contributed by atoms with van der Waals surface area (Å²) in [5.74, 6) is 1.06. The van der Waals surface area contributed by atoms with Gasteiger partial charge in [0, 0.05) is 35.7 Å². The molecule has 2 aromatic heterocycles. The predicted octanol–water partition coefficient (Wildman–Crippen LogP) is 2.91. The van der Waals surface area contributed by atoms with E-state index in [2.05, 4.69) is 54.4 Å². The van der Waals surface area contributed by atoms with Gasteiger partial charge in [-0.3, -0.25) is 4.90 Å². The Kier molecular flexibility index (Phi) is 4.86. The maximum absolute atomic E-state index is 6.03. The van der Waals surface area contributed by atoms with Gasteiger partial charge in [-0.1, -0.05) is 20.8 Å². The number of rotatable bonds is 5. The number of imidazole rings is 1. The van der Waals surface area contributed by atoms with Gasteiger partial charge in [-0.05, 0) is 24.6 Å². The molecule has 0 amide bonds. The Bertz CT molecular complexity index is 579. The Hall–Kier alpha value is -1.17. The molecule has 1 unspecified atom stereocenters. The SMILES string of the molecule is CN(Cc1nccn1C)C(CN)c1ccc(C(C)(C)C)s1. The van der Waals surface area contributed by atoms with Gasteiger partial charge in [0.1, 0.15) is 5.82 Å². The van der Waals surface area contributed by atoms with Gasteiger partial charge in [-0.25, -0.2) is 4.98 Å². The van der Waals surface area contributed by atoms with Crippen LogP contribution in [0.15, 0.2) is 24.5 Å². The van der Waals surface area contributed by atoms with Crippen LogP contribution in [-0.2, 0) is 19.0 Å². The molecular weight excluding hydrogens is 280 g/mol. The van der Waals surface area contributed by atoms with Crippen LogP contribution in [-0.4, -0.2) is 28.0 Å². The van der Waals surface area contributed by atoms with E-state index >= 15 is 0 Å². The summed E-state index contributed by atoms with van der Waals surface area (Å²) in [5.41, 5.74) is 6.22. The lowest BCUT2D eigenvalue weighted by Gasteiger charge is -2.26.